The van der Waals surface area contributed by atoms with Gasteiger partial charge in [-0.25, -0.2) is 0 Å². The molecule has 1 saturated carbocycles. The van der Waals surface area contributed by atoms with Gasteiger partial charge in [-0.2, -0.15) is 0 Å². The Kier molecular flexibility index (Phi) is 4.72. The van der Waals surface area contributed by atoms with Crippen molar-refractivity contribution in [3.05, 3.63) is 22.2 Å². The van der Waals surface area contributed by atoms with Crippen LogP contribution in [0.1, 0.15) is 24.4 Å². The van der Waals surface area contributed by atoms with Gasteiger partial charge in [0, 0.05) is 32.2 Å². The van der Waals surface area contributed by atoms with Crippen LogP contribution in [0.3, 0.4) is 0 Å². The summed E-state index contributed by atoms with van der Waals surface area (Å²) in [5, 5.41) is 3.44. The predicted octanol–water partition coefficient (Wildman–Crippen LogP) is 2.82. The van der Waals surface area contributed by atoms with Crippen LogP contribution < -0.4 is 14.8 Å². The fourth-order valence-corrected chi connectivity index (χ4v) is 3.77. The molecular weight excluding hydrogens is 332 g/mol. The monoisotopic (exact) mass is 354 g/mol. The zero-order valence-electron chi connectivity index (χ0n) is 12.7. The Labute approximate surface area is 134 Å². The molecule has 1 aromatic rings. The van der Waals surface area contributed by atoms with Crippen LogP contribution in [-0.4, -0.2) is 45.3 Å². The molecule has 0 aromatic heterocycles. The fraction of sp³-hybridized carbons (Fsp3) is 0.625. The van der Waals surface area contributed by atoms with Gasteiger partial charge in [0.15, 0.2) is 0 Å². The topological polar surface area (TPSA) is 33.7 Å². The number of halogens is 1. The Morgan fingerprint density at radius 2 is 1.71 bits per heavy atom. The number of piperazine rings is 1. The van der Waals surface area contributed by atoms with Crippen LogP contribution in [-0.2, 0) is 0 Å². The smallest absolute Gasteiger partial charge is 0.137 e. The van der Waals surface area contributed by atoms with Gasteiger partial charge in [-0.15, -0.1) is 0 Å². The van der Waals surface area contributed by atoms with Crippen LogP contribution in [0.2, 0.25) is 0 Å². The molecule has 0 spiro atoms. The Bertz CT molecular complexity index is 474. The molecule has 1 atom stereocenters. The van der Waals surface area contributed by atoms with E-state index >= 15 is 0 Å². The first-order chi connectivity index (χ1) is 10.2. The van der Waals surface area contributed by atoms with E-state index in [1.807, 2.05) is 0 Å². The van der Waals surface area contributed by atoms with Crippen molar-refractivity contribution in [1.29, 1.82) is 0 Å². The zero-order chi connectivity index (χ0) is 14.8. The molecule has 2 aliphatic rings. The lowest BCUT2D eigenvalue weighted by Crippen LogP contribution is -2.45. The van der Waals surface area contributed by atoms with Crippen molar-refractivity contribution in [2.24, 2.45) is 5.92 Å². The molecule has 2 fully saturated rings. The van der Waals surface area contributed by atoms with E-state index in [2.05, 4.69) is 38.3 Å². The van der Waals surface area contributed by atoms with Crippen molar-refractivity contribution in [2.45, 2.75) is 18.9 Å². The lowest BCUT2D eigenvalue weighted by atomic mass is 9.99. The van der Waals surface area contributed by atoms with E-state index in [-0.39, 0.29) is 0 Å². The van der Waals surface area contributed by atoms with Gasteiger partial charge in [0.25, 0.3) is 0 Å². The van der Waals surface area contributed by atoms with E-state index in [9.17, 15) is 0 Å². The quantitative estimate of drug-likeness (QED) is 0.881. The number of hydrogen-bond acceptors (Lipinski definition) is 4. The van der Waals surface area contributed by atoms with Crippen LogP contribution >= 0.6 is 15.9 Å². The van der Waals surface area contributed by atoms with Crippen LogP contribution in [0.5, 0.6) is 11.5 Å². The highest BCUT2D eigenvalue weighted by atomic mass is 79.9. The number of nitrogens with zero attached hydrogens (tertiary/aromatic N) is 1. The van der Waals surface area contributed by atoms with Gasteiger partial charge >= 0.3 is 0 Å². The molecule has 0 amide bonds. The molecule has 1 aliphatic carbocycles. The van der Waals surface area contributed by atoms with Crippen LogP contribution in [0.15, 0.2) is 16.6 Å². The Balaban J connectivity index is 1.94. The third kappa shape index (κ3) is 3.20. The highest BCUT2D eigenvalue weighted by Crippen LogP contribution is 2.47. The maximum Gasteiger partial charge on any atom is 0.137 e. The summed E-state index contributed by atoms with van der Waals surface area (Å²) >= 11 is 3.56. The number of methoxy groups -OCH3 is 2. The predicted molar refractivity (Wildman–Crippen MR) is 87.2 cm³/mol. The zero-order valence-corrected chi connectivity index (χ0v) is 14.3. The van der Waals surface area contributed by atoms with Gasteiger partial charge in [-0.1, -0.05) is 0 Å². The minimum atomic E-state index is 0.489. The van der Waals surface area contributed by atoms with Gasteiger partial charge in [-0.05, 0) is 52.4 Å². The Morgan fingerprint density at radius 1 is 1.14 bits per heavy atom. The van der Waals surface area contributed by atoms with Gasteiger partial charge < -0.3 is 14.8 Å². The van der Waals surface area contributed by atoms with Crippen molar-refractivity contribution in [3.8, 4) is 11.5 Å². The van der Waals surface area contributed by atoms with Gasteiger partial charge in [0.2, 0.25) is 0 Å². The first kappa shape index (κ1) is 15.1. The van der Waals surface area contributed by atoms with Crippen molar-refractivity contribution in [2.75, 3.05) is 40.4 Å². The molecule has 1 saturated heterocycles. The lowest BCUT2D eigenvalue weighted by Gasteiger charge is -2.35. The molecular formula is C16H23BrN2O2. The minimum Gasteiger partial charge on any atom is -0.495 e. The summed E-state index contributed by atoms with van der Waals surface area (Å²) in [6, 6.07) is 4.82. The van der Waals surface area contributed by atoms with Crippen LogP contribution in [0.4, 0.5) is 0 Å². The summed E-state index contributed by atoms with van der Waals surface area (Å²) < 4.78 is 11.9. The highest BCUT2D eigenvalue weighted by molar-refractivity contribution is 9.10. The number of rotatable bonds is 5. The van der Waals surface area contributed by atoms with Crippen molar-refractivity contribution in [1.82, 2.24) is 10.2 Å². The SMILES string of the molecule is COc1cc([C@H](C2CC2)N2CCNCC2)cc(OC)c1Br. The van der Waals surface area contributed by atoms with E-state index in [0.29, 0.717) is 6.04 Å². The summed E-state index contributed by atoms with van der Waals surface area (Å²) in [6.45, 7) is 4.38. The Morgan fingerprint density at radius 3 is 2.19 bits per heavy atom. The number of benzene rings is 1. The second-order valence-electron chi connectivity index (χ2n) is 5.81. The van der Waals surface area contributed by atoms with Gasteiger partial charge in [0.05, 0.1) is 14.2 Å². The summed E-state index contributed by atoms with van der Waals surface area (Å²) in [4.78, 5) is 2.61. The molecule has 1 N–H and O–H groups in total. The Hall–Kier alpha value is -0.780. The average Bonchev–Trinajstić information content (AvgIpc) is 3.34. The summed E-state index contributed by atoms with van der Waals surface area (Å²) in [7, 11) is 3.42. The van der Waals surface area contributed by atoms with Crippen molar-refractivity contribution >= 4 is 15.9 Å². The molecule has 21 heavy (non-hydrogen) atoms. The highest BCUT2D eigenvalue weighted by Gasteiger charge is 2.37. The first-order valence-corrected chi connectivity index (χ1v) is 8.40. The van der Waals surface area contributed by atoms with E-state index in [0.717, 1.165) is 48.1 Å². The third-order valence-electron chi connectivity index (χ3n) is 4.42. The molecule has 3 rings (SSSR count). The molecule has 0 bridgehead atoms. The van der Waals surface area contributed by atoms with E-state index in [1.165, 1.54) is 18.4 Å². The summed E-state index contributed by atoms with van der Waals surface area (Å²) in [5.74, 6) is 2.48. The third-order valence-corrected chi connectivity index (χ3v) is 5.20. The molecule has 4 nitrogen and oxygen atoms in total. The fourth-order valence-electron chi connectivity index (χ4n) is 3.21. The maximum atomic E-state index is 5.51. The van der Waals surface area contributed by atoms with E-state index in [4.69, 9.17) is 9.47 Å². The lowest BCUT2D eigenvalue weighted by molar-refractivity contribution is 0.155. The molecule has 0 unspecified atom stereocenters. The summed E-state index contributed by atoms with van der Waals surface area (Å²) in [5.41, 5.74) is 1.32. The van der Waals surface area contributed by atoms with Crippen LogP contribution in [0, 0.1) is 5.92 Å². The second-order valence-corrected chi connectivity index (χ2v) is 6.60. The summed E-state index contributed by atoms with van der Waals surface area (Å²) in [6.07, 6.45) is 2.66. The van der Waals surface area contributed by atoms with E-state index < -0.39 is 0 Å². The second kappa shape index (κ2) is 6.55. The van der Waals surface area contributed by atoms with Crippen molar-refractivity contribution < 1.29 is 9.47 Å². The van der Waals surface area contributed by atoms with Crippen LogP contribution in [0.25, 0.3) is 0 Å². The molecule has 1 heterocycles. The normalized spacial score (nSPS) is 21.1. The molecule has 1 aliphatic heterocycles. The number of nitrogens with one attached hydrogen (secondary N) is 1. The molecule has 0 radical (unpaired) electrons. The van der Waals surface area contributed by atoms with Gasteiger partial charge in [-0.3, -0.25) is 4.90 Å². The average molecular weight is 355 g/mol. The largest absolute Gasteiger partial charge is 0.495 e. The molecule has 1 aromatic carbocycles. The number of ether oxygens (including phenoxy) is 2. The maximum absolute atomic E-state index is 5.51. The first-order valence-electron chi connectivity index (χ1n) is 7.60. The van der Waals surface area contributed by atoms with Crippen molar-refractivity contribution in [3.63, 3.8) is 0 Å². The standard InChI is InChI=1S/C16H23BrN2O2/c1-20-13-9-12(10-14(21-2)15(13)17)16(11-3-4-11)19-7-5-18-6-8-19/h9-11,16,18H,3-8H2,1-2H3/t16-/m0/s1. The molecule has 116 valence electrons. The minimum absolute atomic E-state index is 0.489. The van der Waals surface area contributed by atoms with E-state index in [1.54, 1.807) is 14.2 Å². The number of hydrogen-bond donors (Lipinski definition) is 1. The van der Waals surface area contributed by atoms with Gasteiger partial charge in [0.1, 0.15) is 16.0 Å². The molecule has 5 heteroatoms.